The molecule has 55 heavy (non-hydrogen) atoms. The topological polar surface area (TPSA) is 0 Å². The summed E-state index contributed by atoms with van der Waals surface area (Å²) in [5.41, 5.74) is 12.2. The van der Waals surface area contributed by atoms with E-state index in [1.807, 2.05) is 0 Å². The molecular formula is C54H88Si. The molecule has 0 N–H and O–H groups in total. The maximum absolute atomic E-state index is 2.95. The molecule has 308 valence electrons. The standard InChI is InChI=1S/C54H88Si/c1-19-35-23-43(37-27-39(51(5,6)7)31-40(28-37)52(8,9)10)45-21-33(3)49(47(45)25-35)55(17,18)50-34(4)22-46-44(24-36(20-2)26-48(46)50)38-29-41(53(11,12)13)32-42(30-38)54(14,15)16/h27-36,43-50H,19-26H2,1-18H3. The fraction of sp³-hybridized carbons (Fsp3) is 0.778. The van der Waals surface area contributed by atoms with Crippen LogP contribution in [-0.2, 0) is 21.7 Å². The lowest BCUT2D eigenvalue weighted by atomic mass is 9.65. The Labute approximate surface area is 343 Å². The van der Waals surface area contributed by atoms with E-state index in [4.69, 9.17) is 0 Å². The number of benzene rings is 2. The predicted octanol–water partition coefficient (Wildman–Crippen LogP) is 16.4. The van der Waals surface area contributed by atoms with E-state index < -0.39 is 8.07 Å². The first-order valence-corrected chi connectivity index (χ1v) is 26.7. The molecule has 0 heterocycles. The summed E-state index contributed by atoms with van der Waals surface area (Å²) in [4.78, 5) is 0. The molecule has 12 atom stereocenters. The molecule has 0 spiro atoms. The van der Waals surface area contributed by atoms with Gasteiger partial charge in [0.1, 0.15) is 0 Å². The van der Waals surface area contributed by atoms with Gasteiger partial charge in [0.2, 0.25) is 0 Å². The summed E-state index contributed by atoms with van der Waals surface area (Å²) in [6.07, 6.45) is 11.4. The molecular weight excluding hydrogens is 677 g/mol. The number of hydrogen-bond donors (Lipinski definition) is 0. The Bertz CT molecular complexity index is 1460. The van der Waals surface area contributed by atoms with Crippen molar-refractivity contribution < 1.29 is 0 Å². The molecule has 0 saturated heterocycles. The second-order valence-electron chi connectivity index (χ2n) is 25.3. The second kappa shape index (κ2) is 15.0. The third kappa shape index (κ3) is 8.42. The summed E-state index contributed by atoms with van der Waals surface area (Å²) in [5, 5.41) is 0. The maximum atomic E-state index is 2.95. The summed E-state index contributed by atoms with van der Waals surface area (Å²) in [7, 11) is -1.69. The highest BCUT2D eigenvalue weighted by Crippen LogP contribution is 2.68. The fourth-order valence-corrected chi connectivity index (χ4v) is 20.8. The van der Waals surface area contributed by atoms with Crippen LogP contribution in [0.3, 0.4) is 0 Å². The Morgan fingerprint density at radius 1 is 0.436 bits per heavy atom. The van der Waals surface area contributed by atoms with Crippen LogP contribution >= 0.6 is 0 Å². The molecule has 0 aliphatic heterocycles. The van der Waals surface area contributed by atoms with E-state index >= 15 is 0 Å². The van der Waals surface area contributed by atoms with E-state index in [0.717, 1.165) is 58.4 Å². The van der Waals surface area contributed by atoms with Crippen molar-refractivity contribution in [2.24, 2.45) is 47.3 Å². The zero-order chi connectivity index (χ0) is 40.8. The molecule has 0 radical (unpaired) electrons. The average Bonchev–Trinajstić information content (AvgIpc) is 3.61. The van der Waals surface area contributed by atoms with Crippen molar-refractivity contribution in [1.82, 2.24) is 0 Å². The largest absolute Gasteiger partial charge is 0.0689 e. The lowest BCUT2D eigenvalue weighted by Crippen LogP contribution is -2.48. The molecule has 2 aromatic carbocycles. The maximum Gasteiger partial charge on any atom is 0.0546 e. The third-order valence-electron chi connectivity index (χ3n) is 17.1. The van der Waals surface area contributed by atoms with Gasteiger partial charge in [-0.3, -0.25) is 0 Å². The van der Waals surface area contributed by atoms with Gasteiger partial charge < -0.3 is 0 Å². The minimum Gasteiger partial charge on any atom is -0.0689 e. The van der Waals surface area contributed by atoms with E-state index in [1.165, 1.54) is 51.4 Å². The molecule has 0 nitrogen and oxygen atoms in total. The Morgan fingerprint density at radius 3 is 0.982 bits per heavy atom. The van der Waals surface area contributed by atoms with Crippen molar-refractivity contribution in [3.8, 4) is 0 Å². The first-order chi connectivity index (χ1) is 25.2. The lowest BCUT2D eigenvalue weighted by molar-refractivity contribution is 0.164. The summed E-state index contributed by atoms with van der Waals surface area (Å²) in [6, 6.07) is 15.9. The van der Waals surface area contributed by atoms with Gasteiger partial charge in [-0.25, -0.2) is 0 Å². The first kappa shape index (κ1) is 43.2. The van der Waals surface area contributed by atoms with Gasteiger partial charge in [0.05, 0.1) is 8.07 Å². The highest BCUT2D eigenvalue weighted by molar-refractivity contribution is 6.80. The average molecular weight is 765 g/mol. The molecule has 4 aliphatic rings. The van der Waals surface area contributed by atoms with Gasteiger partial charge in [-0.15, -0.1) is 0 Å². The molecule has 0 bridgehead atoms. The van der Waals surface area contributed by atoms with Gasteiger partial charge in [0.25, 0.3) is 0 Å². The van der Waals surface area contributed by atoms with Crippen LogP contribution in [0, 0.1) is 47.3 Å². The quantitative estimate of drug-likeness (QED) is 0.257. The van der Waals surface area contributed by atoms with Gasteiger partial charge in [-0.05, 0) is 164 Å². The Kier molecular flexibility index (Phi) is 11.8. The van der Waals surface area contributed by atoms with Crippen molar-refractivity contribution >= 4 is 8.07 Å². The van der Waals surface area contributed by atoms with Gasteiger partial charge >= 0.3 is 0 Å². The molecule has 12 unspecified atom stereocenters. The van der Waals surface area contributed by atoms with Crippen LogP contribution in [0.5, 0.6) is 0 Å². The Balaban J connectivity index is 1.38. The second-order valence-corrected chi connectivity index (χ2v) is 30.3. The van der Waals surface area contributed by atoms with Crippen LogP contribution in [0.15, 0.2) is 36.4 Å². The zero-order valence-corrected chi connectivity index (χ0v) is 40.5. The van der Waals surface area contributed by atoms with Crippen LogP contribution in [0.25, 0.3) is 0 Å². The zero-order valence-electron chi connectivity index (χ0n) is 39.5. The molecule has 6 rings (SSSR count). The fourth-order valence-electron chi connectivity index (χ4n) is 14.2. The van der Waals surface area contributed by atoms with E-state index in [2.05, 4.69) is 160 Å². The SMILES string of the molecule is CCC1CC(c2cc(C(C)(C)C)cc(C(C)(C)C)c2)C2CC(C)C([Si](C)(C)C3C(C)CC4C(c5cc(C(C)(C)C)cc(C(C)(C)C)c5)CC(CC)CC43)C2C1. The van der Waals surface area contributed by atoms with E-state index in [9.17, 15) is 0 Å². The van der Waals surface area contributed by atoms with Gasteiger partial charge in [0, 0.05) is 0 Å². The van der Waals surface area contributed by atoms with Crippen molar-refractivity contribution in [3.05, 3.63) is 69.8 Å². The predicted molar refractivity (Wildman–Crippen MR) is 246 cm³/mol. The highest BCUT2D eigenvalue weighted by Gasteiger charge is 2.61. The Morgan fingerprint density at radius 2 is 0.727 bits per heavy atom. The summed E-state index contributed by atoms with van der Waals surface area (Å²) >= 11 is 0. The lowest BCUT2D eigenvalue weighted by Gasteiger charge is -2.50. The number of hydrogen-bond acceptors (Lipinski definition) is 0. The van der Waals surface area contributed by atoms with Crippen molar-refractivity contribution in [3.63, 3.8) is 0 Å². The molecule has 0 aromatic heterocycles. The molecule has 4 fully saturated rings. The minimum atomic E-state index is -1.69. The minimum absolute atomic E-state index is 0.167. The monoisotopic (exact) mass is 765 g/mol. The van der Waals surface area contributed by atoms with E-state index in [1.54, 1.807) is 33.4 Å². The normalized spacial score (nSPS) is 34.8. The smallest absolute Gasteiger partial charge is 0.0546 e. The molecule has 2 aromatic rings. The molecule has 0 amide bonds. The van der Waals surface area contributed by atoms with Crippen molar-refractivity contribution in [1.29, 1.82) is 0 Å². The van der Waals surface area contributed by atoms with Crippen LogP contribution < -0.4 is 0 Å². The van der Waals surface area contributed by atoms with Gasteiger partial charge in [0.15, 0.2) is 0 Å². The Hall–Kier alpha value is -1.34. The summed E-state index contributed by atoms with van der Waals surface area (Å²) in [6.45, 7) is 45.6. The van der Waals surface area contributed by atoms with Crippen LogP contribution in [0.1, 0.15) is 207 Å². The van der Waals surface area contributed by atoms with Crippen LogP contribution in [-0.4, -0.2) is 8.07 Å². The molecule has 4 saturated carbocycles. The van der Waals surface area contributed by atoms with Gasteiger partial charge in [-0.1, -0.05) is 173 Å². The van der Waals surface area contributed by atoms with E-state index in [-0.39, 0.29) is 21.7 Å². The third-order valence-corrected chi connectivity index (χ3v) is 22.5. The van der Waals surface area contributed by atoms with Gasteiger partial charge in [-0.2, -0.15) is 0 Å². The molecule has 4 aliphatic carbocycles. The number of rotatable bonds is 6. The summed E-state index contributed by atoms with van der Waals surface area (Å²) in [5.74, 6) is 8.38. The van der Waals surface area contributed by atoms with Crippen molar-refractivity contribution in [2.75, 3.05) is 0 Å². The van der Waals surface area contributed by atoms with Crippen LogP contribution in [0.4, 0.5) is 0 Å². The number of fused-ring (bicyclic) bond motifs is 2. The van der Waals surface area contributed by atoms with Crippen molar-refractivity contribution in [2.45, 2.75) is 220 Å². The molecule has 1 heteroatoms. The van der Waals surface area contributed by atoms with Crippen LogP contribution in [0.2, 0.25) is 24.2 Å². The summed E-state index contributed by atoms with van der Waals surface area (Å²) < 4.78 is 0. The van der Waals surface area contributed by atoms with E-state index in [0.29, 0.717) is 11.8 Å². The first-order valence-electron chi connectivity index (χ1n) is 23.6. The highest BCUT2D eigenvalue weighted by atomic mass is 28.3.